The Bertz CT molecular complexity index is 783. The highest BCUT2D eigenvalue weighted by molar-refractivity contribution is 6.31. The molecule has 0 saturated heterocycles. The van der Waals surface area contributed by atoms with Crippen LogP contribution < -0.4 is 0 Å². The Hall–Kier alpha value is -1.74. The lowest BCUT2D eigenvalue weighted by atomic mass is 9.76. The third-order valence-corrected chi connectivity index (χ3v) is 5.09. The first kappa shape index (κ1) is 17.1. The highest BCUT2D eigenvalue weighted by Crippen LogP contribution is 2.42. The molecule has 0 amide bonds. The standard InChI is InChI=1S/C20H18ClF3/c1-12-8-15(10-18-16(12)4-5-19(24)20(18)21)17-3-2-13(11-23)9-14(17)6-7-22/h2-5,9,15H,1,6-8,10-11H2. The average molecular weight is 351 g/mol. The highest BCUT2D eigenvalue weighted by Gasteiger charge is 2.27. The first-order valence-corrected chi connectivity index (χ1v) is 8.31. The van der Waals surface area contributed by atoms with E-state index in [2.05, 4.69) is 6.58 Å². The van der Waals surface area contributed by atoms with Gasteiger partial charge in [-0.2, -0.15) is 0 Å². The molecule has 0 N–H and O–H groups in total. The van der Waals surface area contributed by atoms with Crippen LogP contribution in [0.15, 0.2) is 36.9 Å². The number of allylic oxidation sites excluding steroid dienone is 1. The van der Waals surface area contributed by atoms with E-state index in [0.717, 1.165) is 27.8 Å². The van der Waals surface area contributed by atoms with Crippen molar-refractivity contribution in [3.63, 3.8) is 0 Å². The van der Waals surface area contributed by atoms with E-state index in [-0.39, 0.29) is 17.4 Å². The summed E-state index contributed by atoms with van der Waals surface area (Å²) in [6, 6.07) is 8.37. The van der Waals surface area contributed by atoms with Gasteiger partial charge in [0.25, 0.3) is 0 Å². The van der Waals surface area contributed by atoms with Gasteiger partial charge in [-0.1, -0.05) is 42.4 Å². The van der Waals surface area contributed by atoms with Gasteiger partial charge in [0.15, 0.2) is 0 Å². The van der Waals surface area contributed by atoms with Gasteiger partial charge in [0.1, 0.15) is 12.5 Å². The lowest BCUT2D eigenvalue weighted by Gasteiger charge is -2.29. The van der Waals surface area contributed by atoms with E-state index in [0.29, 0.717) is 18.4 Å². The summed E-state index contributed by atoms with van der Waals surface area (Å²) in [5.41, 5.74) is 4.85. The molecule has 0 saturated carbocycles. The molecule has 1 aliphatic rings. The quantitative estimate of drug-likeness (QED) is 0.615. The van der Waals surface area contributed by atoms with Gasteiger partial charge in [-0.15, -0.1) is 0 Å². The van der Waals surface area contributed by atoms with E-state index < -0.39 is 19.2 Å². The molecule has 0 radical (unpaired) electrons. The first-order chi connectivity index (χ1) is 11.5. The second-order valence-corrected chi connectivity index (χ2v) is 6.58. The van der Waals surface area contributed by atoms with Gasteiger partial charge in [0.2, 0.25) is 0 Å². The summed E-state index contributed by atoms with van der Waals surface area (Å²) in [4.78, 5) is 0. The summed E-state index contributed by atoms with van der Waals surface area (Å²) in [6.45, 7) is 3.03. The lowest BCUT2D eigenvalue weighted by molar-refractivity contribution is 0.480. The van der Waals surface area contributed by atoms with Crippen LogP contribution in [0.3, 0.4) is 0 Å². The lowest BCUT2D eigenvalue weighted by Crippen LogP contribution is -2.15. The van der Waals surface area contributed by atoms with Crippen molar-refractivity contribution in [3.05, 3.63) is 75.6 Å². The van der Waals surface area contributed by atoms with Gasteiger partial charge in [0, 0.05) is 6.42 Å². The summed E-state index contributed by atoms with van der Waals surface area (Å²) in [7, 11) is 0. The molecule has 0 spiro atoms. The van der Waals surface area contributed by atoms with Crippen LogP contribution >= 0.6 is 11.6 Å². The molecule has 1 unspecified atom stereocenters. The molecule has 0 heterocycles. The first-order valence-electron chi connectivity index (χ1n) is 7.93. The van der Waals surface area contributed by atoms with E-state index in [4.69, 9.17) is 11.6 Å². The van der Waals surface area contributed by atoms with E-state index in [1.807, 2.05) is 6.07 Å². The van der Waals surface area contributed by atoms with Crippen molar-refractivity contribution in [2.24, 2.45) is 0 Å². The molecular weight excluding hydrogens is 333 g/mol. The molecule has 0 fully saturated rings. The van der Waals surface area contributed by atoms with Crippen LogP contribution in [0, 0.1) is 5.82 Å². The second-order valence-electron chi connectivity index (χ2n) is 6.20. The molecule has 2 aromatic carbocycles. The van der Waals surface area contributed by atoms with Gasteiger partial charge >= 0.3 is 0 Å². The van der Waals surface area contributed by atoms with Gasteiger partial charge in [-0.05, 0) is 58.2 Å². The van der Waals surface area contributed by atoms with Crippen molar-refractivity contribution in [1.29, 1.82) is 0 Å². The van der Waals surface area contributed by atoms with Crippen molar-refractivity contribution < 1.29 is 13.2 Å². The van der Waals surface area contributed by atoms with Crippen LogP contribution in [-0.2, 0) is 19.5 Å². The monoisotopic (exact) mass is 350 g/mol. The Morgan fingerprint density at radius 2 is 1.92 bits per heavy atom. The fraction of sp³-hybridized carbons (Fsp3) is 0.300. The molecule has 126 valence electrons. The van der Waals surface area contributed by atoms with Crippen molar-refractivity contribution in [2.45, 2.75) is 31.9 Å². The third kappa shape index (κ3) is 3.10. The van der Waals surface area contributed by atoms with E-state index >= 15 is 0 Å². The number of hydrogen-bond donors (Lipinski definition) is 0. The van der Waals surface area contributed by atoms with Crippen molar-refractivity contribution in [3.8, 4) is 0 Å². The minimum absolute atomic E-state index is 0.0412. The van der Waals surface area contributed by atoms with Crippen LogP contribution in [0.2, 0.25) is 5.02 Å². The van der Waals surface area contributed by atoms with Gasteiger partial charge in [0.05, 0.1) is 11.7 Å². The topological polar surface area (TPSA) is 0 Å². The number of fused-ring (bicyclic) bond motifs is 1. The number of benzene rings is 2. The SMILES string of the molecule is C=C1CC(c2ccc(CF)cc2CCF)Cc2c1ccc(F)c2Cl. The summed E-state index contributed by atoms with van der Waals surface area (Å²) < 4.78 is 39.6. The largest absolute Gasteiger partial charge is 0.251 e. The van der Waals surface area contributed by atoms with Gasteiger partial charge in [-0.25, -0.2) is 8.78 Å². The highest BCUT2D eigenvalue weighted by atomic mass is 35.5. The maximum atomic E-state index is 13.8. The Balaban J connectivity index is 2.02. The second kappa shape index (κ2) is 7.02. The Kier molecular flexibility index (Phi) is 5.00. The summed E-state index contributed by atoms with van der Waals surface area (Å²) >= 11 is 6.15. The Morgan fingerprint density at radius 1 is 1.12 bits per heavy atom. The number of rotatable bonds is 4. The van der Waals surface area contributed by atoms with E-state index in [1.54, 1.807) is 18.2 Å². The van der Waals surface area contributed by atoms with E-state index in [9.17, 15) is 13.2 Å². The molecule has 0 aliphatic heterocycles. The summed E-state index contributed by atoms with van der Waals surface area (Å²) in [5.74, 6) is -0.403. The van der Waals surface area contributed by atoms with Crippen LogP contribution in [0.25, 0.3) is 5.57 Å². The van der Waals surface area contributed by atoms with Crippen LogP contribution in [-0.4, -0.2) is 6.67 Å². The number of hydrogen-bond acceptors (Lipinski definition) is 0. The van der Waals surface area contributed by atoms with Crippen molar-refractivity contribution in [1.82, 2.24) is 0 Å². The smallest absolute Gasteiger partial charge is 0.142 e. The van der Waals surface area contributed by atoms with Crippen LogP contribution in [0.5, 0.6) is 0 Å². The van der Waals surface area contributed by atoms with Gasteiger partial charge in [-0.3, -0.25) is 4.39 Å². The zero-order valence-electron chi connectivity index (χ0n) is 13.2. The van der Waals surface area contributed by atoms with Gasteiger partial charge < -0.3 is 0 Å². The molecule has 4 heteroatoms. The van der Waals surface area contributed by atoms with Crippen LogP contribution in [0.4, 0.5) is 13.2 Å². The molecule has 1 atom stereocenters. The predicted octanol–water partition coefficient (Wildman–Crippen LogP) is 6.20. The molecule has 0 bridgehead atoms. The summed E-state index contributed by atoms with van der Waals surface area (Å²) in [6.07, 6.45) is 1.51. The zero-order valence-corrected chi connectivity index (χ0v) is 14.0. The number of alkyl halides is 2. The van der Waals surface area contributed by atoms with Crippen LogP contribution in [0.1, 0.15) is 40.2 Å². The average Bonchev–Trinajstić information content (AvgIpc) is 2.58. The number of aryl methyl sites for hydroxylation is 1. The van der Waals surface area contributed by atoms with Crippen molar-refractivity contribution in [2.75, 3.05) is 6.67 Å². The third-order valence-electron chi connectivity index (χ3n) is 4.69. The molecule has 1 aliphatic carbocycles. The molecular formula is C20H18ClF3. The van der Waals surface area contributed by atoms with Crippen molar-refractivity contribution >= 4 is 17.2 Å². The molecule has 0 aromatic heterocycles. The fourth-order valence-electron chi connectivity index (χ4n) is 3.53. The zero-order chi connectivity index (χ0) is 17.3. The maximum absolute atomic E-state index is 13.8. The molecule has 3 rings (SSSR count). The minimum Gasteiger partial charge on any atom is -0.251 e. The minimum atomic E-state index is -0.573. The predicted molar refractivity (Wildman–Crippen MR) is 92.4 cm³/mol. The fourth-order valence-corrected chi connectivity index (χ4v) is 3.77. The molecule has 2 aromatic rings. The maximum Gasteiger partial charge on any atom is 0.142 e. The molecule has 0 nitrogen and oxygen atoms in total. The normalized spacial score (nSPS) is 17.0. The van der Waals surface area contributed by atoms with E-state index in [1.165, 1.54) is 6.07 Å². The Labute approximate surface area is 145 Å². The Morgan fingerprint density at radius 3 is 2.62 bits per heavy atom. The number of halogens is 4. The molecule has 24 heavy (non-hydrogen) atoms. The summed E-state index contributed by atoms with van der Waals surface area (Å²) in [5, 5.41) is 0.130.